The van der Waals surface area contributed by atoms with Crippen LogP contribution in [0.1, 0.15) is 44.9 Å². The van der Waals surface area contributed by atoms with Crippen LogP contribution in [0.3, 0.4) is 0 Å². The summed E-state index contributed by atoms with van der Waals surface area (Å²) >= 11 is 0. The summed E-state index contributed by atoms with van der Waals surface area (Å²) in [5.74, 6) is -0.678. The molecule has 0 bridgehead atoms. The molecule has 1 saturated carbocycles. The van der Waals surface area contributed by atoms with E-state index >= 15 is 0 Å². The van der Waals surface area contributed by atoms with Gasteiger partial charge >= 0.3 is 5.97 Å². The molecule has 1 saturated heterocycles. The highest BCUT2D eigenvalue weighted by atomic mass is 16.4. The molecule has 0 aromatic carbocycles. The van der Waals surface area contributed by atoms with Crippen LogP contribution >= 0.6 is 0 Å². The van der Waals surface area contributed by atoms with Gasteiger partial charge in [0, 0.05) is 6.04 Å². The molecule has 0 amide bonds. The van der Waals surface area contributed by atoms with Gasteiger partial charge in [0.15, 0.2) is 0 Å². The van der Waals surface area contributed by atoms with Crippen LogP contribution in [-0.2, 0) is 4.79 Å². The fraction of sp³-hybridized carbons (Fsp3) is 0.917. The van der Waals surface area contributed by atoms with E-state index in [1.165, 1.54) is 32.1 Å². The highest BCUT2D eigenvalue weighted by Gasteiger charge is 2.28. The van der Waals surface area contributed by atoms with Crippen LogP contribution in [0.25, 0.3) is 0 Å². The molecule has 0 unspecified atom stereocenters. The summed E-state index contributed by atoms with van der Waals surface area (Å²) in [7, 11) is 0. The summed E-state index contributed by atoms with van der Waals surface area (Å²) < 4.78 is 0. The van der Waals surface area contributed by atoms with E-state index in [4.69, 9.17) is 5.11 Å². The molecular weight excluding hydrogens is 190 g/mol. The van der Waals surface area contributed by atoms with Gasteiger partial charge in [0.05, 0.1) is 5.92 Å². The van der Waals surface area contributed by atoms with Crippen LogP contribution < -0.4 is 0 Å². The minimum atomic E-state index is -0.599. The second-order valence-corrected chi connectivity index (χ2v) is 4.94. The van der Waals surface area contributed by atoms with E-state index in [9.17, 15) is 4.79 Å². The number of likely N-dealkylation sites (tertiary alicyclic amines) is 1. The summed E-state index contributed by atoms with van der Waals surface area (Å²) in [5, 5.41) is 8.92. The molecule has 0 spiro atoms. The number of hydrogen-bond acceptors (Lipinski definition) is 2. The molecule has 0 atom stereocenters. The Morgan fingerprint density at radius 3 is 2.13 bits per heavy atom. The first-order chi connectivity index (χ1) is 7.27. The van der Waals surface area contributed by atoms with Crippen LogP contribution in [-0.4, -0.2) is 35.1 Å². The number of piperidine rings is 1. The predicted molar refractivity (Wildman–Crippen MR) is 58.8 cm³/mol. The fourth-order valence-electron chi connectivity index (χ4n) is 2.96. The molecule has 3 heteroatoms. The lowest BCUT2D eigenvalue weighted by Gasteiger charge is -2.38. The maximum atomic E-state index is 10.8. The Labute approximate surface area is 91.5 Å². The van der Waals surface area contributed by atoms with E-state index in [2.05, 4.69) is 4.90 Å². The SMILES string of the molecule is O=C(O)C1CCN(C2CCCCC2)CC1. The molecule has 0 radical (unpaired) electrons. The lowest BCUT2D eigenvalue weighted by Crippen LogP contribution is -2.43. The van der Waals surface area contributed by atoms with E-state index in [0.29, 0.717) is 0 Å². The molecule has 3 nitrogen and oxygen atoms in total. The third kappa shape index (κ3) is 2.71. The van der Waals surface area contributed by atoms with Crippen molar-refractivity contribution < 1.29 is 9.90 Å². The maximum Gasteiger partial charge on any atom is 0.306 e. The Bertz CT molecular complexity index is 216. The van der Waals surface area contributed by atoms with Gasteiger partial charge < -0.3 is 10.0 Å². The molecule has 0 aromatic heterocycles. The van der Waals surface area contributed by atoms with Gasteiger partial charge in [-0.2, -0.15) is 0 Å². The first kappa shape index (κ1) is 10.9. The first-order valence-electron chi connectivity index (χ1n) is 6.24. The maximum absolute atomic E-state index is 10.8. The van der Waals surface area contributed by atoms with Gasteiger partial charge in [-0.25, -0.2) is 0 Å². The van der Waals surface area contributed by atoms with Gasteiger partial charge in [-0.1, -0.05) is 19.3 Å². The number of carboxylic acid groups (broad SMARTS) is 1. The van der Waals surface area contributed by atoms with Crippen molar-refractivity contribution in [3.05, 3.63) is 0 Å². The molecule has 1 N–H and O–H groups in total. The van der Waals surface area contributed by atoms with Crippen molar-refractivity contribution in [3.8, 4) is 0 Å². The third-order valence-corrected chi connectivity index (χ3v) is 3.97. The van der Waals surface area contributed by atoms with Gasteiger partial charge in [-0.15, -0.1) is 0 Å². The summed E-state index contributed by atoms with van der Waals surface area (Å²) in [5.41, 5.74) is 0. The molecule has 15 heavy (non-hydrogen) atoms. The summed E-state index contributed by atoms with van der Waals surface area (Å²) in [4.78, 5) is 13.3. The number of nitrogens with zero attached hydrogens (tertiary/aromatic N) is 1. The number of hydrogen-bond donors (Lipinski definition) is 1. The normalized spacial score (nSPS) is 26.7. The highest BCUT2D eigenvalue weighted by molar-refractivity contribution is 5.70. The monoisotopic (exact) mass is 211 g/mol. The molecule has 0 aromatic rings. The van der Waals surface area contributed by atoms with E-state index in [-0.39, 0.29) is 5.92 Å². The summed E-state index contributed by atoms with van der Waals surface area (Å²) in [6, 6.07) is 0.758. The van der Waals surface area contributed by atoms with Gasteiger partial charge in [0.25, 0.3) is 0 Å². The number of carbonyl (C=O) groups is 1. The van der Waals surface area contributed by atoms with Crippen molar-refractivity contribution in [1.29, 1.82) is 0 Å². The van der Waals surface area contributed by atoms with Crippen molar-refractivity contribution >= 4 is 5.97 Å². The van der Waals surface area contributed by atoms with Gasteiger partial charge in [0.2, 0.25) is 0 Å². The summed E-state index contributed by atoms with van der Waals surface area (Å²) in [6.45, 7) is 2.00. The van der Waals surface area contributed by atoms with E-state index in [1.54, 1.807) is 0 Å². The molecule has 2 rings (SSSR count). The molecule has 1 aliphatic carbocycles. The Balaban J connectivity index is 1.79. The Hall–Kier alpha value is -0.570. The molecule has 2 aliphatic rings. The number of aliphatic carboxylic acids is 1. The summed E-state index contributed by atoms with van der Waals surface area (Å²) in [6.07, 6.45) is 8.49. The standard InChI is InChI=1S/C12H21NO2/c14-12(15)10-6-8-13(9-7-10)11-4-2-1-3-5-11/h10-11H,1-9H2,(H,14,15). The van der Waals surface area contributed by atoms with E-state index in [1.807, 2.05) is 0 Å². The lowest BCUT2D eigenvalue weighted by molar-refractivity contribution is -0.143. The molecule has 2 fully saturated rings. The van der Waals surface area contributed by atoms with E-state index in [0.717, 1.165) is 32.0 Å². The molecular formula is C12H21NO2. The van der Waals surface area contributed by atoms with Crippen molar-refractivity contribution in [1.82, 2.24) is 4.90 Å². The number of rotatable bonds is 2. The average Bonchev–Trinajstić information content (AvgIpc) is 2.30. The van der Waals surface area contributed by atoms with Crippen molar-refractivity contribution in [2.45, 2.75) is 51.0 Å². The number of carboxylic acids is 1. The van der Waals surface area contributed by atoms with Gasteiger partial charge in [-0.3, -0.25) is 4.79 Å². The second-order valence-electron chi connectivity index (χ2n) is 4.94. The van der Waals surface area contributed by atoms with Crippen molar-refractivity contribution in [2.75, 3.05) is 13.1 Å². The quantitative estimate of drug-likeness (QED) is 0.760. The van der Waals surface area contributed by atoms with Gasteiger partial charge in [-0.05, 0) is 38.8 Å². The van der Waals surface area contributed by atoms with Crippen LogP contribution in [0, 0.1) is 5.92 Å². The second kappa shape index (κ2) is 4.97. The van der Waals surface area contributed by atoms with Crippen molar-refractivity contribution in [2.24, 2.45) is 5.92 Å². The first-order valence-corrected chi connectivity index (χ1v) is 6.24. The predicted octanol–water partition coefficient (Wildman–Crippen LogP) is 2.12. The van der Waals surface area contributed by atoms with Crippen LogP contribution in [0.15, 0.2) is 0 Å². The zero-order chi connectivity index (χ0) is 10.7. The minimum Gasteiger partial charge on any atom is -0.481 e. The Morgan fingerprint density at radius 2 is 1.60 bits per heavy atom. The minimum absolute atomic E-state index is 0.0789. The zero-order valence-electron chi connectivity index (χ0n) is 9.32. The van der Waals surface area contributed by atoms with Crippen LogP contribution in [0.5, 0.6) is 0 Å². The Morgan fingerprint density at radius 1 is 1.00 bits per heavy atom. The molecule has 86 valence electrons. The molecule has 1 aliphatic heterocycles. The van der Waals surface area contributed by atoms with Crippen molar-refractivity contribution in [3.63, 3.8) is 0 Å². The smallest absolute Gasteiger partial charge is 0.306 e. The molecule has 1 heterocycles. The fourth-order valence-corrected chi connectivity index (χ4v) is 2.96. The van der Waals surface area contributed by atoms with E-state index < -0.39 is 5.97 Å². The average molecular weight is 211 g/mol. The third-order valence-electron chi connectivity index (χ3n) is 3.97. The lowest BCUT2D eigenvalue weighted by atomic mass is 9.90. The Kier molecular flexibility index (Phi) is 3.62. The van der Waals surface area contributed by atoms with Gasteiger partial charge in [0.1, 0.15) is 0 Å². The largest absolute Gasteiger partial charge is 0.481 e. The van der Waals surface area contributed by atoms with Crippen LogP contribution in [0.2, 0.25) is 0 Å². The zero-order valence-corrected chi connectivity index (χ0v) is 9.32. The van der Waals surface area contributed by atoms with Crippen LogP contribution in [0.4, 0.5) is 0 Å². The topological polar surface area (TPSA) is 40.5 Å². The highest BCUT2D eigenvalue weighted by Crippen LogP contribution is 2.26.